The molecule has 0 heterocycles. The Balaban J connectivity index is 2.75. The van der Waals surface area contributed by atoms with Gasteiger partial charge in [-0.1, -0.05) is 19.1 Å². The lowest BCUT2D eigenvalue weighted by Gasteiger charge is -2.23. The van der Waals surface area contributed by atoms with Crippen LogP contribution in [0.5, 0.6) is 5.75 Å². The summed E-state index contributed by atoms with van der Waals surface area (Å²) in [5.74, 6) is 0.455. The fourth-order valence-corrected chi connectivity index (χ4v) is 1.96. The van der Waals surface area contributed by atoms with Crippen molar-refractivity contribution in [2.24, 2.45) is 0 Å². The van der Waals surface area contributed by atoms with Gasteiger partial charge in [-0.3, -0.25) is 9.59 Å². The van der Waals surface area contributed by atoms with Crippen LogP contribution in [0, 0.1) is 0 Å². The van der Waals surface area contributed by atoms with E-state index in [0.29, 0.717) is 18.0 Å². The minimum atomic E-state index is -0.115. The van der Waals surface area contributed by atoms with Gasteiger partial charge in [0, 0.05) is 25.9 Å². The Labute approximate surface area is 126 Å². The van der Waals surface area contributed by atoms with Crippen molar-refractivity contribution in [3.8, 4) is 5.75 Å². The fourth-order valence-electron chi connectivity index (χ4n) is 1.96. The van der Waals surface area contributed by atoms with Gasteiger partial charge in [0.2, 0.25) is 11.8 Å². The molecular weight excluding hydrogens is 268 g/mol. The molecule has 1 aromatic carbocycles. The summed E-state index contributed by atoms with van der Waals surface area (Å²) in [7, 11) is 1.56. The number of anilines is 1. The molecule has 1 N–H and O–H groups in total. The molecular formula is C16H24N2O3. The second kappa shape index (κ2) is 8.29. The van der Waals surface area contributed by atoms with E-state index in [9.17, 15) is 9.59 Å². The molecule has 21 heavy (non-hydrogen) atoms. The minimum Gasteiger partial charge on any atom is -0.495 e. The van der Waals surface area contributed by atoms with Gasteiger partial charge in [-0.2, -0.15) is 0 Å². The molecule has 0 radical (unpaired) electrons. The van der Waals surface area contributed by atoms with Crippen LogP contribution in [0.4, 0.5) is 5.69 Å². The van der Waals surface area contributed by atoms with Crippen LogP contribution >= 0.6 is 0 Å². The van der Waals surface area contributed by atoms with E-state index in [2.05, 4.69) is 5.32 Å². The smallest absolute Gasteiger partial charge is 0.223 e. The Kier molecular flexibility index (Phi) is 6.72. The molecule has 5 nitrogen and oxygen atoms in total. The Hall–Kier alpha value is -2.04. The monoisotopic (exact) mass is 292 g/mol. The number of para-hydroxylation sites is 2. The van der Waals surface area contributed by atoms with Gasteiger partial charge in [0.05, 0.1) is 12.8 Å². The zero-order valence-corrected chi connectivity index (χ0v) is 13.2. The number of methoxy groups -OCH3 is 1. The molecule has 1 unspecified atom stereocenters. The first kappa shape index (κ1) is 17.0. The summed E-state index contributed by atoms with van der Waals surface area (Å²) in [4.78, 5) is 25.3. The third-order valence-corrected chi connectivity index (χ3v) is 3.34. The standard InChI is InChI=1S/C16H24N2O3/c1-5-12(2)17-16(20)10-11-18(13(3)19)14-8-6-7-9-15(14)21-4/h6-9,12H,5,10-11H2,1-4H3,(H,17,20). The highest BCUT2D eigenvalue weighted by molar-refractivity contribution is 5.93. The zero-order chi connectivity index (χ0) is 15.8. The highest BCUT2D eigenvalue weighted by Gasteiger charge is 2.17. The number of amides is 2. The van der Waals surface area contributed by atoms with Gasteiger partial charge >= 0.3 is 0 Å². The number of hydrogen-bond donors (Lipinski definition) is 1. The van der Waals surface area contributed by atoms with Crippen molar-refractivity contribution in [3.05, 3.63) is 24.3 Å². The highest BCUT2D eigenvalue weighted by Crippen LogP contribution is 2.27. The molecule has 116 valence electrons. The lowest BCUT2D eigenvalue weighted by atomic mass is 10.2. The number of nitrogens with one attached hydrogen (secondary N) is 1. The van der Waals surface area contributed by atoms with Crippen molar-refractivity contribution in [3.63, 3.8) is 0 Å². The van der Waals surface area contributed by atoms with Crippen molar-refractivity contribution in [1.82, 2.24) is 5.32 Å². The van der Waals surface area contributed by atoms with Crippen LogP contribution in [0.25, 0.3) is 0 Å². The average Bonchev–Trinajstić information content (AvgIpc) is 2.47. The van der Waals surface area contributed by atoms with Gasteiger partial charge in [0.25, 0.3) is 0 Å². The molecule has 0 saturated heterocycles. The van der Waals surface area contributed by atoms with Crippen LogP contribution in [0.3, 0.4) is 0 Å². The second-order valence-corrected chi connectivity index (χ2v) is 4.97. The summed E-state index contributed by atoms with van der Waals surface area (Å²) in [6.45, 7) is 5.79. The van der Waals surface area contributed by atoms with Crippen molar-refractivity contribution in [2.45, 2.75) is 39.7 Å². The van der Waals surface area contributed by atoms with E-state index < -0.39 is 0 Å². The third kappa shape index (κ3) is 5.10. The number of hydrogen-bond acceptors (Lipinski definition) is 3. The Morgan fingerprint density at radius 3 is 2.57 bits per heavy atom. The first-order valence-electron chi connectivity index (χ1n) is 7.20. The maximum atomic E-state index is 11.8. The van der Waals surface area contributed by atoms with Gasteiger partial charge in [0.1, 0.15) is 5.75 Å². The van der Waals surface area contributed by atoms with Crippen molar-refractivity contribution in [2.75, 3.05) is 18.6 Å². The number of rotatable bonds is 7. The van der Waals surface area contributed by atoms with E-state index in [1.165, 1.54) is 6.92 Å². The first-order chi connectivity index (χ1) is 9.99. The predicted molar refractivity (Wildman–Crippen MR) is 83.5 cm³/mol. The number of ether oxygens (including phenoxy) is 1. The molecule has 5 heteroatoms. The molecule has 0 aliphatic rings. The van der Waals surface area contributed by atoms with Crippen molar-refractivity contribution in [1.29, 1.82) is 0 Å². The Bertz CT molecular complexity index is 488. The van der Waals surface area contributed by atoms with Crippen molar-refractivity contribution < 1.29 is 14.3 Å². The van der Waals surface area contributed by atoms with Crippen LogP contribution in [0.15, 0.2) is 24.3 Å². The van der Waals surface area contributed by atoms with Crippen LogP contribution in [0.2, 0.25) is 0 Å². The third-order valence-electron chi connectivity index (χ3n) is 3.34. The number of nitrogens with zero attached hydrogens (tertiary/aromatic N) is 1. The van der Waals surface area contributed by atoms with Crippen LogP contribution in [0.1, 0.15) is 33.6 Å². The molecule has 0 spiro atoms. The van der Waals surface area contributed by atoms with Gasteiger partial charge in [0.15, 0.2) is 0 Å². The van der Waals surface area contributed by atoms with Crippen molar-refractivity contribution >= 4 is 17.5 Å². The lowest BCUT2D eigenvalue weighted by Crippen LogP contribution is -2.37. The van der Waals surface area contributed by atoms with E-state index in [1.54, 1.807) is 18.1 Å². The summed E-state index contributed by atoms with van der Waals surface area (Å²) in [5, 5.41) is 2.90. The molecule has 0 bridgehead atoms. The molecule has 1 atom stereocenters. The molecule has 0 aliphatic heterocycles. The van der Waals surface area contributed by atoms with Crippen LogP contribution < -0.4 is 15.0 Å². The predicted octanol–water partition coefficient (Wildman–Crippen LogP) is 2.35. The Morgan fingerprint density at radius 2 is 2.00 bits per heavy atom. The molecule has 0 aliphatic carbocycles. The topological polar surface area (TPSA) is 58.6 Å². The average molecular weight is 292 g/mol. The maximum Gasteiger partial charge on any atom is 0.223 e. The summed E-state index contributed by atoms with van der Waals surface area (Å²) < 4.78 is 5.27. The quantitative estimate of drug-likeness (QED) is 0.839. The summed E-state index contributed by atoms with van der Waals surface area (Å²) in [6, 6.07) is 7.44. The van der Waals surface area contributed by atoms with Gasteiger partial charge < -0.3 is 15.0 Å². The largest absolute Gasteiger partial charge is 0.495 e. The normalized spacial score (nSPS) is 11.6. The molecule has 0 saturated carbocycles. The van der Waals surface area contributed by atoms with E-state index in [0.717, 1.165) is 6.42 Å². The summed E-state index contributed by atoms with van der Waals surface area (Å²) in [5.41, 5.74) is 0.684. The maximum absolute atomic E-state index is 11.8. The molecule has 0 fully saturated rings. The Morgan fingerprint density at radius 1 is 1.33 bits per heavy atom. The fraction of sp³-hybridized carbons (Fsp3) is 0.500. The summed E-state index contributed by atoms with van der Waals surface area (Å²) in [6.07, 6.45) is 1.15. The molecule has 0 aromatic heterocycles. The lowest BCUT2D eigenvalue weighted by molar-refractivity contribution is -0.121. The molecule has 1 rings (SSSR count). The van der Waals surface area contributed by atoms with E-state index in [-0.39, 0.29) is 24.3 Å². The SMILES string of the molecule is CCC(C)NC(=O)CCN(C(C)=O)c1ccccc1OC. The van der Waals surface area contributed by atoms with Gasteiger partial charge in [-0.05, 0) is 25.5 Å². The number of carbonyl (C=O) groups excluding carboxylic acids is 2. The van der Waals surface area contributed by atoms with Gasteiger partial charge in [-0.15, -0.1) is 0 Å². The zero-order valence-electron chi connectivity index (χ0n) is 13.2. The summed E-state index contributed by atoms with van der Waals surface area (Å²) >= 11 is 0. The second-order valence-electron chi connectivity index (χ2n) is 4.97. The van der Waals surface area contributed by atoms with Crippen LogP contribution in [-0.2, 0) is 9.59 Å². The van der Waals surface area contributed by atoms with E-state index in [1.807, 2.05) is 32.0 Å². The first-order valence-corrected chi connectivity index (χ1v) is 7.20. The highest BCUT2D eigenvalue weighted by atomic mass is 16.5. The molecule has 1 aromatic rings. The number of carbonyl (C=O) groups is 2. The minimum absolute atomic E-state index is 0.0505. The number of benzene rings is 1. The van der Waals surface area contributed by atoms with E-state index in [4.69, 9.17) is 4.74 Å². The van der Waals surface area contributed by atoms with Crippen LogP contribution in [-0.4, -0.2) is 31.5 Å². The van der Waals surface area contributed by atoms with E-state index >= 15 is 0 Å². The molecule has 2 amide bonds. The van der Waals surface area contributed by atoms with Gasteiger partial charge in [-0.25, -0.2) is 0 Å².